The molecule has 0 spiro atoms. The van der Waals surface area contributed by atoms with E-state index in [-0.39, 0.29) is 10.8 Å². The van der Waals surface area contributed by atoms with E-state index in [0.29, 0.717) is 0 Å². The van der Waals surface area contributed by atoms with Crippen molar-refractivity contribution in [3.05, 3.63) is 52.3 Å². The molecule has 0 bridgehead atoms. The lowest BCUT2D eigenvalue weighted by Crippen LogP contribution is -2.22. The maximum atomic E-state index is 13.8. The van der Waals surface area contributed by atoms with Gasteiger partial charge in [0, 0.05) is 16.7 Å². The van der Waals surface area contributed by atoms with Gasteiger partial charge in [-0.15, -0.1) is 0 Å². The predicted octanol–water partition coefficient (Wildman–Crippen LogP) is 5.93. The molecule has 0 N–H and O–H groups in total. The summed E-state index contributed by atoms with van der Waals surface area (Å²) in [4.78, 5) is -1.01. The van der Waals surface area contributed by atoms with Crippen LogP contribution in [0, 0.1) is 5.82 Å². The van der Waals surface area contributed by atoms with Crippen LogP contribution >= 0.6 is 11.6 Å². The molecule has 0 radical (unpaired) electrons. The van der Waals surface area contributed by atoms with E-state index in [1.165, 1.54) is 0 Å². The SMILES string of the molecule is O=[S@@]1c2c(ccc(Oc3cc(F)cc(Cl)c3)c2C(F)F)[C@H](F)C1(F)F. The zero-order valence-electron chi connectivity index (χ0n) is 11.9. The summed E-state index contributed by atoms with van der Waals surface area (Å²) in [5, 5.41) is -4.42. The summed E-state index contributed by atoms with van der Waals surface area (Å²) in [5.41, 5.74) is -1.92. The van der Waals surface area contributed by atoms with E-state index in [2.05, 4.69) is 0 Å². The monoisotopic (exact) mass is 400 g/mol. The summed E-state index contributed by atoms with van der Waals surface area (Å²) in [7, 11) is -3.32. The number of hydrogen-bond acceptors (Lipinski definition) is 2. The molecule has 2 aromatic rings. The first kappa shape index (κ1) is 18.1. The zero-order chi connectivity index (χ0) is 18.5. The van der Waals surface area contributed by atoms with Crippen LogP contribution in [-0.4, -0.2) is 9.46 Å². The lowest BCUT2D eigenvalue weighted by Gasteiger charge is -2.14. The Morgan fingerprint density at radius 1 is 1.20 bits per heavy atom. The van der Waals surface area contributed by atoms with Crippen LogP contribution < -0.4 is 4.74 Å². The standard InChI is InChI=1S/C15H7ClF6O2S/c16-6-3-7(17)5-8(4-6)24-10-2-1-9-12(11(10)14(19)20)25(23)15(21,22)13(9)18/h1-5,13-14H/t13-,25+/m0/s1. The molecule has 2 nitrogen and oxygen atoms in total. The molecular formula is C15H7ClF6O2S. The van der Waals surface area contributed by atoms with E-state index >= 15 is 0 Å². The first-order valence-corrected chi connectivity index (χ1v) is 8.18. The minimum absolute atomic E-state index is 0.0892. The Kier molecular flexibility index (Phi) is 4.48. The van der Waals surface area contributed by atoms with Crippen molar-refractivity contribution in [2.75, 3.05) is 0 Å². The van der Waals surface area contributed by atoms with E-state index in [9.17, 15) is 30.6 Å². The van der Waals surface area contributed by atoms with Gasteiger partial charge in [-0.05, 0) is 18.2 Å². The third-order valence-electron chi connectivity index (χ3n) is 3.47. The quantitative estimate of drug-likeness (QED) is 0.596. The zero-order valence-corrected chi connectivity index (χ0v) is 13.5. The molecule has 0 unspecified atom stereocenters. The average Bonchev–Trinajstić information content (AvgIpc) is 2.67. The molecule has 2 aromatic carbocycles. The van der Waals surface area contributed by atoms with E-state index < -0.39 is 56.2 Å². The fourth-order valence-corrected chi connectivity index (χ4v) is 4.00. The van der Waals surface area contributed by atoms with Gasteiger partial charge in [-0.25, -0.2) is 21.8 Å². The highest BCUT2D eigenvalue weighted by Gasteiger charge is 2.57. The van der Waals surface area contributed by atoms with Gasteiger partial charge >= 0.3 is 5.25 Å². The fourth-order valence-electron chi connectivity index (χ4n) is 2.43. The summed E-state index contributed by atoms with van der Waals surface area (Å²) in [6, 6.07) is 4.51. The second-order valence-electron chi connectivity index (χ2n) is 5.10. The molecule has 0 saturated heterocycles. The Hall–Kier alpha value is -1.74. The molecule has 0 amide bonds. The topological polar surface area (TPSA) is 26.3 Å². The van der Waals surface area contributed by atoms with Gasteiger partial charge in [-0.1, -0.05) is 17.7 Å². The molecule has 0 aliphatic carbocycles. The van der Waals surface area contributed by atoms with Gasteiger partial charge in [0.15, 0.2) is 0 Å². The van der Waals surface area contributed by atoms with Gasteiger partial charge in [0.25, 0.3) is 6.43 Å². The van der Waals surface area contributed by atoms with Crippen molar-refractivity contribution in [2.24, 2.45) is 0 Å². The third kappa shape index (κ3) is 2.99. The maximum absolute atomic E-state index is 13.8. The maximum Gasteiger partial charge on any atom is 0.360 e. The van der Waals surface area contributed by atoms with Crippen LogP contribution in [0.25, 0.3) is 0 Å². The summed E-state index contributed by atoms with van der Waals surface area (Å²) in [5.74, 6) is -1.74. The van der Waals surface area contributed by atoms with Gasteiger partial charge in [-0.3, -0.25) is 0 Å². The van der Waals surface area contributed by atoms with Crippen molar-refractivity contribution in [1.29, 1.82) is 0 Å². The second kappa shape index (κ2) is 6.21. The van der Waals surface area contributed by atoms with Crippen LogP contribution in [0.3, 0.4) is 0 Å². The van der Waals surface area contributed by atoms with E-state index in [4.69, 9.17) is 16.3 Å². The summed E-state index contributed by atoms with van der Waals surface area (Å²) in [6.45, 7) is 0. The molecule has 1 heterocycles. The van der Waals surface area contributed by atoms with Gasteiger partial charge in [0.05, 0.1) is 10.5 Å². The van der Waals surface area contributed by atoms with Crippen molar-refractivity contribution in [3.63, 3.8) is 0 Å². The number of halogens is 7. The number of benzene rings is 2. The van der Waals surface area contributed by atoms with Gasteiger partial charge in [0.2, 0.25) is 6.17 Å². The third-order valence-corrected chi connectivity index (χ3v) is 5.22. The molecular weight excluding hydrogens is 394 g/mol. The fraction of sp³-hybridized carbons (Fsp3) is 0.200. The highest BCUT2D eigenvalue weighted by molar-refractivity contribution is 7.86. The average molecular weight is 401 g/mol. The number of fused-ring (bicyclic) bond motifs is 1. The Morgan fingerprint density at radius 2 is 1.88 bits per heavy atom. The Balaban J connectivity index is 2.14. The van der Waals surface area contributed by atoms with E-state index in [0.717, 1.165) is 30.3 Å². The van der Waals surface area contributed by atoms with Crippen molar-refractivity contribution >= 4 is 22.4 Å². The molecule has 0 saturated carbocycles. The Bertz CT molecular complexity index is 853. The Labute approximate surface area is 144 Å². The number of rotatable bonds is 3. The highest BCUT2D eigenvalue weighted by atomic mass is 35.5. The van der Waals surface area contributed by atoms with Gasteiger partial charge in [0.1, 0.15) is 28.1 Å². The summed E-state index contributed by atoms with van der Waals surface area (Å²) < 4.78 is 98.0. The van der Waals surface area contributed by atoms with Gasteiger partial charge < -0.3 is 4.74 Å². The molecule has 0 aromatic heterocycles. The molecule has 134 valence electrons. The molecule has 10 heteroatoms. The van der Waals surface area contributed by atoms with Crippen molar-refractivity contribution < 1.29 is 35.3 Å². The number of ether oxygens (including phenoxy) is 1. The van der Waals surface area contributed by atoms with Crippen molar-refractivity contribution in [3.8, 4) is 11.5 Å². The smallest absolute Gasteiger partial charge is 0.360 e. The molecule has 0 fully saturated rings. The predicted molar refractivity (Wildman–Crippen MR) is 78.1 cm³/mol. The van der Waals surface area contributed by atoms with Crippen LogP contribution in [-0.2, 0) is 10.8 Å². The summed E-state index contributed by atoms with van der Waals surface area (Å²) >= 11 is 5.63. The van der Waals surface area contributed by atoms with Crippen molar-refractivity contribution in [2.45, 2.75) is 22.7 Å². The normalized spacial score (nSPS) is 21.4. The first-order chi connectivity index (χ1) is 11.6. The first-order valence-electron chi connectivity index (χ1n) is 6.65. The minimum atomic E-state index is -4.33. The van der Waals surface area contributed by atoms with Crippen LogP contribution in [0.4, 0.5) is 26.3 Å². The van der Waals surface area contributed by atoms with Gasteiger partial charge in [-0.2, -0.15) is 8.78 Å². The second-order valence-corrected chi connectivity index (χ2v) is 7.02. The van der Waals surface area contributed by atoms with Crippen LogP contribution in [0.15, 0.2) is 35.2 Å². The highest BCUT2D eigenvalue weighted by Crippen LogP contribution is 2.53. The summed E-state index contributed by atoms with van der Waals surface area (Å²) in [6.07, 6.45) is -6.35. The molecule has 1 aliphatic rings. The van der Waals surface area contributed by atoms with Crippen LogP contribution in [0.1, 0.15) is 23.7 Å². The largest absolute Gasteiger partial charge is 0.457 e. The van der Waals surface area contributed by atoms with Crippen LogP contribution in [0.5, 0.6) is 11.5 Å². The van der Waals surface area contributed by atoms with E-state index in [1.807, 2.05) is 0 Å². The molecule has 2 atom stereocenters. The molecule has 25 heavy (non-hydrogen) atoms. The lowest BCUT2D eigenvalue weighted by atomic mass is 10.1. The number of alkyl halides is 5. The van der Waals surface area contributed by atoms with E-state index in [1.54, 1.807) is 0 Å². The van der Waals surface area contributed by atoms with Crippen molar-refractivity contribution in [1.82, 2.24) is 0 Å². The lowest BCUT2D eigenvalue weighted by molar-refractivity contribution is 0.0143. The molecule has 1 aliphatic heterocycles. The minimum Gasteiger partial charge on any atom is -0.457 e. The van der Waals surface area contributed by atoms with Crippen LogP contribution in [0.2, 0.25) is 5.02 Å². The number of hydrogen-bond donors (Lipinski definition) is 0. The Morgan fingerprint density at radius 3 is 2.48 bits per heavy atom. The molecule has 3 rings (SSSR count).